The molecule has 0 aliphatic carbocycles. The Morgan fingerprint density at radius 3 is 2.72 bits per heavy atom. The molecule has 170 valence electrons. The van der Waals surface area contributed by atoms with Gasteiger partial charge < -0.3 is 14.6 Å². The summed E-state index contributed by atoms with van der Waals surface area (Å²) in [6.45, 7) is 1.28. The average Bonchev–Trinajstić information content (AvgIpc) is 3.26. The maximum atomic E-state index is 13.2. The molecule has 1 atom stereocenters. The fraction of sp³-hybridized carbons (Fsp3) is 0.417. The molecule has 0 aromatic heterocycles. The fourth-order valence-electron chi connectivity index (χ4n) is 4.25. The van der Waals surface area contributed by atoms with Crippen LogP contribution in [-0.2, 0) is 14.9 Å². The minimum atomic E-state index is -2.97. The summed E-state index contributed by atoms with van der Waals surface area (Å²) in [5.74, 6) is -0.400. The molecule has 6 nitrogen and oxygen atoms in total. The third-order valence-electron chi connectivity index (χ3n) is 6.17. The highest BCUT2D eigenvalue weighted by Crippen LogP contribution is 2.46. The molecule has 1 amide bonds. The first kappa shape index (κ1) is 22.4. The molecule has 4 rings (SSSR count). The van der Waals surface area contributed by atoms with Crippen molar-refractivity contribution in [3.8, 4) is 5.75 Å². The standard InChI is InChI=1S/C24H25F2NO5/c1-23(2)18-12-15(20(28)8-9-24(30)10-11-31-14-24)6-7-19(18)27(21(23)29)16-4-3-5-17(13-16)32-22(25)26/h3-7,12-13,22,30H,8-11,14H2,1-2H3. The molecule has 1 unspecified atom stereocenters. The number of nitrogens with zero attached hydrogens (tertiary/aromatic N) is 1. The van der Waals surface area contributed by atoms with E-state index < -0.39 is 17.6 Å². The molecule has 2 aromatic carbocycles. The van der Waals surface area contributed by atoms with E-state index in [1.807, 2.05) is 0 Å². The molecule has 2 aliphatic rings. The highest BCUT2D eigenvalue weighted by molar-refractivity contribution is 6.13. The number of carbonyl (C=O) groups excluding carboxylic acids is 2. The molecule has 1 saturated heterocycles. The Morgan fingerprint density at radius 1 is 1.25 bits per heavy atom. The molecule has 0 radical (unpaired) electrons. The van der Waals surface area contributed by atoms with Crippen LogP contribution in [0, 0.1) is 0 Å². The molecular formula is C24H25F2NO5. The van der Waals surface area contributed by atoms with Crippen LogP contribution in [0.4, 0.5) is 20.2 Å². The Morgan fingerprint density at radius 2 is 2.03 bits per heavy atom. The van der Waals surface area contributed by atoms with Crippen LogP contribution >= 0.6 is 0 Å². The highest BCUT2D eigenvalue weighted by atomic mass is 19.3. The number of aliphatic hydroxyl groups is 1. The zero-order chi connectivity index (χ0) is 23.1. The third kappa shape index (κ3) is 4.12. The van der Waals surface area contributed by atoms with Crippen LogP contribution in [0.5, 0.6) is 5.75 Å². The molecule has 32 heavy (non-hydrogen) atoms. The molecule has 0 spiro atoms. The van der Waals surface area contributed by atoms with E-state index in [1.54, 1.807) is 44.2 Å². The lowest BCUT2D eigenvalue weighted by atomic mass is 9.84. The number of ketones is 1. The topological polar surface area (TPSA) is 76.1 Å². The van der Waals surface area contributed by atoms with E-state index in [9.17, 15) is 23.5 Å². The summed E-state index contributed by atoms with van der Waals surface area (Å²) in [6, 6.07) is 11.0. The summed E-state index contributed by atoms with van der Waals surface area (Å²) in [5, 5.41) is 10.4. The summed E-state index contributed by atoms with van der Waals surface area (Å²) in [7, 11) is 0. The van der Waals surface area contributed by atoms with Crippen LogP contribution in [0.1, 0.15) is 49.0 Å². The molecule has 0 saturated carbocycles. The summed E-state index contributed by atoms with van der Waals surface area (Å²) in [5.41, 5.74) is 0.253. The number of fused-ring (bicyclic) bond motifs is 1. The number of rotatable bonds is 7. The van der Waals surface area contributed by atoms with Crippen molar-refractivity contribution in [3.63, 3.8) is 0 Å². The quantitative estimate of drug-likeness (QED) is 0.641. The molecule has 1 N–H and O–H groups in total. The molecule has 2 aromatic rings. The monoisotopic (exact) mass is 445 g/mol. The molecule has 8 heteroatoms. The van der Waals surface area contributed by atoms with Gasteiger partial charge in [0.05, 0.1) is 29.0 Å². The van der Waals surface area contributed by atoms with Crippen molar-refractivity contribution in [2.75, 3.05) is 18.1 Å². The van der Waals surface area contributed by atoms with Crippen molar-refractivity contribution in [2.45, 2.75) is 50.7 Å². The van der Waals surface area contributed by atoms with Gasteiger partial charge in [-0.25, -0.2) is 0 Å². The second kappa shape index (κ2) is 8.26. The number of amides is 1. The highest BCUT2D eigenvalue weighted by Gasteiger charge is 2.45. The minimum absolute atomic E-state index is 0.0443. The van der Waals surface area contributed by atoms with Gasteiger partial charge in [-0.05, 0) is 56.2 Å². The van der Waals surface area contributed by atoms with E-state index in [4.69, 9.17) is 4.74 Å². The van der Waals surface area contributed by atoms with Crippen LogP contribution in [0.25, 0.3) is 0 Å². The molecule has 2 heterocycles. The Hall–Kier alpha value is -2.84. The lowest BCUT2D eigenvalue weighted by Gasteiger charge is -2.21. The second-order valence-electron chi connectivity index (χ2n) is 8.82. The first-order valence-corrected chi connectivity index (χ1v) is 10.5. The van der Waals surface area contributed by atoms with Gasteiger partial charge >= 0.3 is 6.61 Å². The minimum Gasteiger partial charge on any atom is -0.435 e. The van der Waals surface area contributed by atoms with Crippen LogP contribution < -0.4 is 9.64 Å². The summed E-state index contributed by atoms with van der Waals surface area (Å²) >= 11 is 0. The van der Waals surface area contributed by atoms with E-state index in [0.29, 0.717) is 42.0 Å². The first-order valence-electron chi connectivity index (χ1n) is 10.5. The smallest absolute Gasteiger partial charge is 0.387 e. The Bertz CT molecular complexity index is 1050. The van der Waals surface area contributed by atoms with Gasteiger partial charge in [-0.2, -0.15) is 8.78 Å². The number of ether oxygens (including phenoxy) is 2. The zero-order valence-electron chi connectivity index (χ0n) is 17.9. The van der Waals surface area contributed by atoms with Gasteiger partial charge in [-0.15, -0.1) is 0 Å². The van der Waals surface area contributed by atoms with Gasteiger partial charge in [0.25, 0.3) is 0 Å². The number of carbonyl (C=O) groups is 2. The molecular weight excluding hydrogens is 420 g/mol. The number of anilines is 2. The van der Waals surface area contributed by atoms with E-state index in [0.717, 1.165) is 0 Å². The van der Waals surface area contributed by atoms with Crippen LogP contribution in [0.15, 0.2) is 42.5 Å². The van der Waals surface area contributed by atoms with Gasteiger partial charge in [-0.3, -0.25) is 14.5 Å². The van der Waals surface area contributed by atoms with Crippen molar-refractivity contribution in [3.05, 3.63) is 53.6 Å². The number of benzene rings is 2. The fourth-order valence-corrected chi connectivity index (χ4v) is 4.25. The van der Waals surface area contributed by atoms with E-state index in [-0.39, 0.29) is 30.5 Å². The number of alkyl halides is 2. The van der Waals surface area contributed by atoms with Gasteiger partial charge in [0.2, 0.25) is 5.91 Å². The number of hydrogen-bond acceptors (Lipinski definition) is 5. The normalized spacial score (nSPS) is 21.8. The molecule has 0 bridgehead atoms. The Kier molecular flexibility index (Phi) is 5.77. The van der Waals surface area contributed by atoms with E-state index in [2.05, 4.69) is 4.74 Å². The Labute approximate surface area is 184 Å². The van der Waals surface area contributed by atoms with Gasteiger partial charge in [0.1, 0.15) is 5.75 Å². The van der Waals surface area contributed by atoms with Gasteiger partial charge in [0.15, 0.2) is 5.78 Å². The average molecular weight is 445 g/mol. The maximum absolute atomic E-state index is 13.2. The van der Waals surface area contributed by atoms with Gasteiger partial charge in [0, 0.05) is 31.1 Å². The number of Topliss-reactive ketones (excluding diaryl/α,β-unsaturated/α-hetero) is 1. The van der Waals surface area contributed by atoms with Crippen molar-refractivity contribution >= 4 is 23.1 Å². The van der Waals surface area contributed by atoms with Crippen LogP contribution in [-0.4, -0.2) is 42.2 Å². The summed E-state index contributed by atoms with van der Waals surface area (Å²) < 4.78 is 34.9. The Balaban J connectivity index is 1.61. The molecule has 2 aliphatic heterocycles. The summed E-state index contributed by atoms with van der Waals surface area (Å²) in [6.07, 6.45) is 0.993. The number of hydrogen-bond donors (Lipinski definition) is 1. The largest absolute Gasteiger partial charge is 0.435 e. The van der Waals surface area contributed by atoms with E-state index in [1.165, 1.54) is 17.0 Å². The SMILES string of the molecule is CC1(C)C(=O)N(c2cccc(OC(F)F)c2)c2ccc(C(=O)CCC3(O)CCOC3)cc21. The predicted octanol–water partition coefficient (Wildman–Crippen LogP) is 4.36. The van der Waals surface area contributed by atoms with Crippen molar-refractivity contribution in [2.24, 2.45) is 0 Å². The lowest BCUT2D eigenvalue weighted by molar-refractivity contribution is -0.121. The zero-order valence-corrected chi connectivity index (χ0v) is 17.9. The van der Waals surface area contributed by atoms with Crippen LogP contribution in [0.3, 0.4) is 0 Å². The second-order valence-corrected chi connectivity index (χ2v) is 8.82. The van der Waals surface area contributed by atoms with Crippen molar-refractivity contribution in [1.29, 1.82) is 0 Å². The lowest BCUT2D eigenvalue weighted by Crippen LogP contribution is -2.33. The summed E-state index contributed by atoms with van der Waals surface area (Å²) in [4.78, 5) is 27.5. The van der Waals surface area contributed by atoms with Crippen molar-refractivity contribution in [1.82, 2.24) is 0 Å². The molecule has 1 fully saturated rings. The maximum Gasteiger partial charge on any atom is 0.387 e. The first-order chi connectivity index (χ1) is 15.1. The van der Waals surface area contributed by atoms with Crippen LogP contribution in [0.2, 0.25) is 0 Å². The van der Waals surface area contributed by atoms with Gasteiger partial charge in [-0.1, -0.05) is 6.07 Å². The number of halogens is 2. The van der Waals surface area contributed by atoms with E-state index >= 15 is 0 Å². The third-order valence-corrected chi connectivity index (χ3v) is 6.17. The predicted molar refractivity (Wildman–Crippen MR) is 114 cm³/mol. The van der Waals surface area contributed by atoms with Crippen molar-refractivity contribution < 1.29 is 33.0 Å².